The van der Waals surface area contributed by atoms with Gasteiger partial charge in [-0.2, -0.15) is 5.10 Å². The fourth-order valence-electron chi connectivity index (χ4n) is 2.97. The van der Waals surface area contributed by atoms with E-state index in [9.17, 15) is 4.79 Å². The van der Waals surface area contributed by atoms with Gasteiger partial charge in [0, 0.05) is 31.2 Å². The lowest BCUT2D eigenvalue weighted by Crippen LogP contribution is -2.30. The van der Waals surface area contributed by atoms with Gasteiger partial charge in [0.05, 0.1) is 18.2 Å². The van der Waals surface area contributed by atoms with E-state index in [-0.39, 0.29) is 5.91 Å². The minimum absolute atomic E-state index is 0.173. The number of likely N-dealkylation sites (tertiary alicyclic amines) is 1. The molecule has 110 valence electrons. The molecule has 3 heterocycles. The van der Waals surface area contributed by atoms with Gasteiger partial charge in [-0.15, -0.1) is 0 Å². The first-order valence-electron chi connectivity index (χ1n) is 7.33. The highest BCUT2D eigenvalue weighted by Crippen LogP contribution is 2.23. The molecule has 1 aliphatic heterocycles. The van der Waals surface area contributed by atoms with Crippen LogP contribution in [0.4, 0.5) is 0 Å². The second-order valence-corrected chi connectivity index (χ2v) is 5.69. The number of rotatable bonds is 3. The van der Waals surface area contributed by atoms with Crippen molar-refractivity contribution in [3.05, 3.63) is 47.5 Å². The Balaban J connectivity index is 1.64. The van der Waals surface area contributed by atoms with Crippen LogP contribution in [-0.2, 0) is 11.2 Å². The van der Waals surface area contributed by atoms with E-state index in [4.69, 9.17) is 0 Å². The minimum Gasteiger partial charge on any atom is -0.340 e. The summed E-state index contributed by atoms with van der Waals surface area (Å²) in [5, 5.41) is 4.54. The fraction of sp³-hybridized carbons (Fsp3) is 0.438. The zero-order chi connectivity index (χ0) is 14.8. The van der Waals surface area contributed by atoms with Crippen molar-refractivity contribution in [3.63, 3.8) is 0 Å². The highest BCUT2D eigenvalue weighted by Gasteiger charge is 2.28. The number of hydrogen-bond acceptors (Lipinski definition) is 3. The van der Waals surface area contributed by atoms with Crippen LogP contribution in [0.3, 0.4) is 0 Å². The van der Waals surface area contributed by atoms with Crippen LogP contribution >= 0.6 is 0 Å². The van der Waals surface area contributed by atoms with Crippen molar-refractivity contribution in [2.75, 3.05) is 13.1 Å². The summed E-state index contributed by atoms with van der Waals surface area (Å²) in [6.07, 6.45) is 4.88. The standard InChI is InChI=1S/C16H20N4O/c1-12-8-13(2)20(18-12)15-5-7-19(11-15)16(21)9-14-4-3-6-17-10-14/h3-4,6,8,10,15H,5,7,9,11H2,1-2H3. The summed E-state index contributed by atoms with van der Waals surface area (Å²) in [5.41, 5.74) is 3.17. The Hall–Kier alpha value is -2.17. The lowest BCUT2D eigenvalue weighted by atomic mass is 10.2. The molecule has 1 amide bonds. The topological polar surface area (TPSA) is 51.0 Å². The number of nitrogens with zero attached hydrogens (tertiary/aromatic N) is 4. The number of aryl methyl sites for hydroxylation is 2. The van der Waals surface area contributed by atoms with Gasteiger partial charge in [-0.3, -0.25) is 14.5 Å². The molecule has 2 aromatic rings. The van der Waals surface area contributed by atoms with Gasteiger partial charge >= 0.3 is 0 Å². The highest BCUT2D eigenvalue weighted by atomic mass is 16.2. The third-order valence-corrected chi connectivity index (χ3v) is 3.98. The van der Waals surface area contributed by atoms with Crippen LogP contribution in [0.5, 0.6) is 0 Å². The second-order valence-electron chi connectivity index (χ2n) is 5.69. The lowest BCUT2D eigenvalue weighted by Gasteiger charge is -2.17. The largest absolute Gasteiger partial charge is 0.340 e. The number of hydrogen-bond donors (Lipinski definition) is 0. The van der Waals surface area contributed by atoms with Crippen molar-refractivity contribution in [2.24, 2.45) is 0 Å². The Labute approximate surface area is 124 Å². The van der Waals surface area contributed by atoms with Gasteiger partial charge in [0.15, 0.2) is 0 Å². The first-order chi connectivity index (χ1) is 10.1. The summed E-state index contributed by atoms with van der Waals surface area (Å²) in [4.78, 5) is 18.3. The third kappa shape index (κ3) is 2.96. The molecule has 1 unspecified atom stereocenters. The molecule has 2 aromatic heterocycles. The van der Waals surface area contributed by atoms with Crippen LogP contribution in [0, 0.1) is 13.8 Å². The predicted molar refractivity (Wildman–Crippen MR) is 79.9 cm³/mol. The van der Waals surface area contributed by atoms with Gasteiger partial charge in [0.2, 0.25) is 5.91 Å². The molecule has 5 heteroatoms. The van der Waals surface area contributed by atoms with E-state index in [0.717, 1.165) is 30.8 Å². The van der Waals surface area contributed by atoms with Crippen molar-refractivity contribution >= 4 is 5.91 Å². The molecule has 1 saturated heterocycles. The zero-order valence-electron chi connectivity index (χ0n) is 12.5. The summed E-state index contributed by atoms with van der Waals surface area (Å²) in [5.74, 6) is 0.173. The Bertz CT molecular complexity index is 635. The van der Waals surface area contributed by atoms with Crippen LogP contribution in [0.1, 0.15) is 29.4 Å². The quantitative estimate of drug-likeness (QED) is 0.865. The molecule has 1 aliphatic rings. The molecule has 0 saturated carbocycles. The van der Waals surface area contributed by atoms with Crippen LogP contribution in [0.2, 0.25) is 0 Å². The minimum atomic E-state index is 0.173. The van der Waals surface area contributed by atoms with E-state index in [1.807, 2.05) is 24.0 Å². The van der Waals surface area contributed by atoms with Gasteiger partial charge in [-0.25, -0.2) is 0 Å². The average molecular weight is 284 g/mol. The molecule has 0 radical (unpaired) electrons. The average Bonchev–Trinajstić information content (AvgIpc) is 3.06. The first-order valence-corrected chi connectivity index (χ1v) is 7.33. The van der Waals surface area contributed by atoms with Crippen LogP contribution < -0.4 is 0 Å². The van der Waals surface area contributed by atoms with E-state index < -0.39 is 0 Å². The molecule has 0 aliphatic carbocycles. The highest BCUT2D eigenvalue weighted by molar-refractivity contribution is 5.79. The molecule has 5 nitrogen and oxygen atoms in total. The van der Waals surface area contributed by atoms with Crippen LogP contribution in [0.25, 0.3) is 0 Å². The van der Waals surface area contributed by atoms with Gasteiger partial charge < -0.3 is 4.90 Å². The summed E-state index contributed by atoms with van der Waals surface area (Å²) in [7, 11) is 0. The van der Waals surface area contributed by atoms with Crippen molar-refractivity contribution < 1.29 is 4.79 Å². The molecular formula is C16H20N4O. The van der Waals surface area contributed by atoms with Crippen molar-refractivity contribution in [3.8, 4) is 0 Å². The van der Waals surface area contributed by atoms with E-state index in [1.54, 1.807) is 12.4 Å². The molecule has 1 atom stereocenters. The molecule has 1 fully saturated rings. The van der Waals surface area contributed by atoms with E-state index in [1.165, 1.54) is 5.69 Å². The van der Waals surface area contributed by atoms with Crippen molar-refractivity contribution in [1.29, 1.82) is 0 Å². The summed E-state index contributed by atoms with van der Waals surface area (Å²) in [6.45, 7) is 5.63. The van der Waals surface area contributed by atoms with Gasteiger partial charge in [-0.05, 0) is 38.0 Å². The Morgan fingerprint density at radius 3 is 2.95 bits per heavy atom. The summed E-state index contributed by atoms with van der Waals surface area (Å²) in [6, 6.07) is 6.20. The summed E-state index contributed by atoms with van der Waals surface area (Å²) >= 11 is 0. The Morgan fingerprint density at radius 1 is 1.43 bits per heavy atom. The summed E-state index contributed by atoms with van der Waals surface area (Å²) < 4.78 is 2.06. The second kappa shape index (κ2) is 5.68. The third-order valence-electron chi connectivity index (χ3n) is 3.98. The Morgan fingerprint density at radius 2 is 2.29 bits per heavy atom. The van der Waals surface area contributed by atoms with Crippen molar-refractivity contribution in [1.82, 2.24) is 19.7 Å². The Kier molecular flexibility index (Phi) is 3.73. The predicted octanol–water partition coefficient (Wildman–Crippen LogP) is 1.91. The number of carbonyl (C=O) groups is 1. The number of carbonyl (C=O) groups excluding carboxylic acids is 1. The monoisotopic (exact) mass is 284 g/mol. The molecule has 3 rings (SSSR count). The molecular weight excluding hydrogens is 264 g/mol. The number of aromatic nitrogens is 3. The number of amides is 1. The lowest BCUT2D eigenvalue weighted by molar-refractivity contribution is -0.129. The van der Waals surface area contributed by atoms with Crippen LogP contribution in [0.15, 0.2) is 30.6 Å². The van der Waals surface area contributed by atoms with Gasteiger partial charge in [0.1, 0.15) is 0 Å². The van der Waals surface area contributed by atoms with E-state index >= 15 is 0 Å². The molecule has 0 aromatic carbocycles. The number of pyridine rings is 1. The molecule has 0 bridgehead atoms. The zero-order valence-corrected chi connectivity index (χ0v) is 12.5. The van der Waals surface area contributed by atoms with Gasteiger partial charge in [0.25, 0.3) is 0 Å². The van der Waals surface area contributed by atoms with Gasteiger partial charge in [-0.1, -0.05) is 6.07 Å². The molecule has 0 spiro atoms. The first kappa shape index (κ1) is 13.8. The maximum absolute atomic E-state index is 12.4. The maximum atomic E-state index is 12.4. The normalized spacial score (nSPS) is 18.2. The fourth-order valence-corrected chi connectivity index (χ4v) is 2.97. The SMILES string of the molecule is Cc1cc(C)n(C2CCN(C(=O)Cc3cccnc3)C2)n1. The van der Waals surface area contributed by atoms with E-state index in [0.29, 0.717) is 12.5 Å². The van der Waals surface area contributed by atoms with Crippen molar-refractivity contribution in [2.45, 2.75) is 32.7 Å². The maximum Gasteiger partial charge on any atom is 0.227 e. The molecule has 0 N–H and O–H groups in total. The van der Waals surface area contributed by atoms with E-state index in [2.05, 4.69) is 27.8 Å². The van der Waals surface area contributed by atoms with Crippen LogP contribution in [-0.4, -0.2) is 38.7 Å². The molecule has 21 heavy (non-hydrogen) atoms. The smallest absolute Gasteiger partial charge is 0.227 e.